The first-order valence-corrected chi connectivity index (χ1v) is 3.65. The van der Waals surface area contributed by atoms with Gasteiger partial charge in [-0.05, 0) is 11.1 Å². The number of hydrogen-bond acceptors (Lipinski definition) is 1. The van der Waals surface area contributed by atoms with Gasteiger partial charge in [-0.2, -0.15) is 0 Å². The van der Waals surface area contributed by atoms with Gasteiger partial charge >= 0.3 is 0 Å². The highest BCUT2D eigenvalue weighted by molar-refractivity contribution is 5.77. The van der Waals surface area contributed by atoms with Crippen molar-refractivity contribution in [1.29, 1.82) is 0 Å². The summed E-state index contributed by atoms with van der Waals surface area (Å²) >= 11 is 0. The molecule has 0 atom stereocenters. The van der Waals surface area contributed by atoms with Crippen molar-refractivity contribution in [3.63, 3.8) is 0 Å². The van der Waals surface area contributed by atoms with Gasteiger partial charge in [0.05, 0.1) is 0 Å². The molecule has 0 aliphatic carbocycles. The summed E-state index contributed by atoms with van der Waals surface area (Å²) in [5.74, 6) is 0. The largest absolute Gasteiger partial charge is 0.298 e. The van der Waals surface area contributed by atoms with E-state index in [-0.39, 0.29) is 0 Å². The Morgan fingerprint density at radius 3 is 2.25 bits per heavy atom. The SMILES string of the molecule is C=CC(=C)c1ccc(C=O)cc1. The van der Waals surface area contributed by atoms with E-state index in [1.807, 2.05) is 12.1 Å². The maximum absolute atomic E-state index is 10.3. The number of aldehydes is 1. The summed E-state index contributed by atoms with van der Waals surface area (Å²) in [7, 11) is 0. The van der Waals surface area contributed by atoms with Crippen molar-refractivity contribution in [3.05, 3.63) is 54.6 Å². The van der Waals surface area contributed by atoms with Gasteiger partial charge in [-0.1, -0.05) is 43.5 Å². The summed E-state index contributed by atoms with van der Waals surface area (Å²) < 4.78 is 0. The Morgan fingerprint density at radius 2 is 1.83 bits per heavy atom. The molecule has 0 spiro atoms. The maximum Gasteiger partial charge on any atom is 0.150 e. The van der Waals surface area contributed by atoms with Crippen LogP contribution in [0.4, 0.5) is 0 Å². The minimum Gasteiger partial charge on any atom is -0.298 e. The molecule has 0 amide bonds. The predicted molar refractivity (Wildman–Crippen MR) is 51.1 cm³/mol. The first-order chi connectivity index (χ1) is 5.77. The van der Waals surface area contributed by atoms with Gasteiger partial charge in [-0.3, -0.25) is 4.79 Å². The number of rotatable bonds is 3. The average molecular weight is 158 g/mol. The van der Waals surface area contributed by atoms with E-state index in [2.05, 4.69) is 13.2 Å². The molecule has 0 fully saturated rings. The lowest BCUT2D eigenvalue weighted by atomic mass is 10.1. The molecule has 1 aromatic carbocycles. The van der Waals surface area contributed by atoms with Crippen LogP contribution in [0.15, 0.2) is 43.5 Å². The summed E-state index contributed by atoms with van der Waals surface area (Å²) in [6.45, 7) is 7.40. The van der Waals surface area contributed by atoms with Crippen LogP contribution in [0.1, 0.15) is 15.9 Å². The maximum atomic E-state index is 10.3. The molecule has 0 saturated carbocycles. The zero-order valence-electron chi connectivity index (χ0n) is 6.79. The molecule has 0 aliphatic heterocycles. The number of carbonyl (C=O) groups excluding carboxylic acids is 1. The molecule has 1 rings (SSSR count). The third-order valence-corrected chi connectivity index (χ3v) is 1.66. The lowest BCUT2D eigenvalue weighted by molar-refractivity contribution is 0.112. The Morgan fingerprint density at radius 1 is 1.25 bits per heavy atom. The average Bonchev–Trinajstić information content (AvgIpc) is 2.17. The first kappa shape index (κ1) is 8.47. The molecule has 12 heavy (non-hydrogen) atoms. The zero-order chi connectivity index (χ0) is 8.97. The standard InChI is InChI=1S/C11H10O/c1-3-9(2)11-6-4-10(8-12)5-7-11/h3-8H,1-2H2. The van der Waals surface area contributed by atoms with Gasteiger partial charge in [0.15, 0.2) is 0 Å². The predicted octanol–water partition coefficient (Wildman–Crippen LogP) is 2.70. The summed E-state index contributed by atoms with van der Waals surface area (Å²) in [4.78, 5) is 10.3. The van der Waals surface area contributed by atoms with Crippen LogP contribution < -0.4 is 0 Å². The summed E-state index contributed by atoms with van der Waals surface area (Å²) in [5.41, 5.74) is 2.54. The minimum absolute atomic E-state index is 0.676. The van der Waals surface area contributed by atoms with Crippen LogP contribution in [0.3, 0.4) is 0 Å². The van der Waals surface area contributed by atoms with E-state index in [1.54, 1.807) is 18.2 Å². The van der Waals surface area contributed by atoms with E-state index in [1.165, 1.54) is 0 Å². The fourth-order valence-electron chi connectivity index (χ4n) is 0.894. The van der Waals surface area contributed by atoms with Gasteiger partial charge in [0.2, 0.25) is 0 Å². The Balaban J connectivity index is 2.99. The van der Waals surface area contributed by atoms with Crippen LogP contribution in [0, 0.1) is 0 Å². The van der Waals surface area contributed by atoms with E-state index >= 15 is 0 Å². The number of allylic oxidation sites excluding steroid dienone is 2. The second kappa shape index (κ2) is 3.67. The van der Waals surface area contributed by atoms with Crippen molar-refractivity contribution in [3.8, 4) is 0 Å². The number of carbonyl (C=O) groups is 1. The van der Waals surface area contributed by atoms with E-state index in [9.17, 15) is 4.79 Å². The lowest BCUT2D eigenvalue weighted by Gasteiger charge is -1.98. The molecule has 0 aromatic heterocycles. The Labute approximate surface area is 72.0 Å². The Bertz CT molecular complexity index is 306. The van der Waals surface area contributed by atoms with E-state index in [0.717, 1.165) is 17.4 Å². The van der Waals surface area contributed by atoms with Crippen LogP contribution in [0.5, 0.6) is 0 Å². The summed E-state index contributed by atoms with van der Waals surface area (Å²) in [6.07, 6.45) is 2.51. The molecule has 0 N–H and O–H groups in total. The molecule has 0 unspecified atom stereocenters. The minimum atomic E-state index is 0.676. The monoisotopic (exact) mass is 158 g/mol. The summed E-state index contributed by atoms with van der Waals surface area (Å²) in [5, 5.41) is 0. The van der Waals surface area contributed by atoms with Gasteiger partial charge in [0, 0.05) is 5.56 Å². The number of hydrogen-bond donors (Lipinski definition) is 0. The molecule has 0 heterocycles. The topological polar surface area (TPSA) is 17.1 Å². The zero-order valence-corrected chi connectivity index (χ0v) is 6.79. The fourth-order valence-corrected chi connectivity index (χ4v) is 0.894. The van der Waals surface area contributed by atoms with Crippen molar-refractivity contribution in [2.75, 3.05) is 0 Å². The van der Waals surface area contributed by atoms with E-state index in [4.69, 9.17) is 0 Å². The Kier molecular flexibility index (Phi) is 2.59. The van der Waals surface area contributed by atoms with Gasteiger partial charge in [-0.25, -0.2) is 0 Å². The lowest BCUT2D eigenvalue weighted by Crippen LogP contribution is -1.81. The number of benzene rings is 1. The second-order valence-electron chi connectivity index (χ2n) is 2.47. The van der Waals surface area contributed by atoms with Gasteiger partial charge < -0.3 is 0 Å². The van der Waals surface area contributed by atoms with E-state index in [0.29, 0.717) is 5.56 Å². The third kappa shape index (κ3) is 1.70. The second-order valence-corrected chi connectivity index (χ2v) is 2.47. The van der Waals surface area contributed by atoms with E-state index < -0.39 is 0 Å². The van der Waals surface area contributed by atoms with Crippen molar-refractivity contribution in [2.24, 2.45) is 0 Å². The smallest absolute Gasteiger partial charge is 0.150 e. The van der Waals surface area contributed by atoms with Gasteiger partial charge in [-0.15, -0.1) is 0 Å². The van der Waals surface area contributed by atoms with Crippen LogP contribution in [-0.4, -0.2) is 6.29 Å². The van der Waals surface area contributed by atoms with Gasteiger partial charge in [0.1, 0.15) is 6.29 Å². The highest BCUT2D eigenvalue weighted by Crippen LogP contribution is 2.12. The highest BCUT2D eigenvalue weighted by Gasteiger charge is 1.93. The summed E-state index contributed by atoms with van der Waals surface area (Å²) in [6, 6.07) is 7.23. The van der Waals surface area contributed by atoms with Crippen molar-refractivity contribution in [1.82, 2.24) is 0 Å². The molecular formula is C11H10O. The molecule has 1 aromatic rings. The molecule has 60 valence electrons. The fraction of sp³-hybridized carbons (Fsp3) is 0. The molecule has 1 nitrogen and oxygen atoms in total. The molecule has 0 bridgehead atoms. The van der Waals surface area contributed by atoms with Crippen LogP contribution in [0.25, 0.3) is 5.57 Å². The van der Waals surface area contributed by atoms with Gasteiger partial charge in [0.25, 0.3) is 0 Å². The quantitative estimate of drug-likeness (QED) is 0.488. The van der Waals surface area contributed by atoms with Crippen molar-refractivity contribution >= 4 is 11.9 Å². The molecular weight excluding hydrogens is 148 g/mol. The normalized spacial score (nSPS) is 9.00. The first-order valence-electron chi connectivity index (χ1n) is 3.65. The van der Waals surface area contributed by atoms with Crippen molar-refractivity contribution in [2.45, 2.75) is 0 Å². The van der Waals surface area contributed by atoms with Crippen LogP contribution in [0.2, 0.25) is 0 Å². The highest BCUT2D eigenvalue weighted by atomic mass is 16.1. The molecule has 1 heteroatoms. The van der Waals surface area contributed by atoms with Crippen molar-refractivity contribution < 1.29 is 4.79 Å². The molecule has 0 radical (unpaired) electrons. The van der Waals surface area contributed by atoms with Crippen LogP contribution >= 0.6 is 0 Å². The third-order valence-electron chi connectivity index (χ3n) is 1.66. The van der Waals surface area contributed by atoms with Crippen LogP contribution in [-0.2, 0) is 0 Å². The molecule has 0 aliphatic rings. The Hall–Kier alpha value is -1.63. The molecule has 0 saturated heterocycles.